The lowest BCUT2D eigenvalue weighted by Gasteiger charge is -2.24. The Morgan fingerprint density at radius 2 is 1.75 bits per heavy atom. The molecule has 0 spiro atoms. The van der Waals surface area contributed by atoms with Crippen molar-refractivity contribution in [3.05, 3.63) is 76.0 Å². The lowest BCUT2D eigenvalue weighted by Crippen LogP contribution is -2.38. The number of esters is 1. The van der Waals surface area contributed by atoms with Crippen LogP contribution in [0.1, 0.15) is 27.7 Å². The molecule has 1 amide bonds. The molecule has 9 heteroatoms. The smallest absolute Gasteiger partial charge is 0.349 e. The summed E-state index contributed by atoms with van der Waals surface area (Å²) in [7, 11) is -3.04. The quantitative estimate of drug-likeness (QED) is 0.495. The van der Waals surface area contributed by atoms with E-state index in [0.29, 0.717) is 17.8 Å². The van der Waals surface area contributed by atoms with E-state index >= 15 is 0 Å². The molecule has 0 aliphatic heterocycles. The van der Waals surface area contributed by atoms with Crippen LogP contribution in [0.2, 0.25) is 0 Å². The number of sulfonamides is 1. The Bertz CT molecular complexity index is 1220. The first-order chi connectivity index (χ1) is 15.3. The Balaban J connectivity index is 1.99. The third-order valence-corrected chi connectivity index (χ3v) is 7.69. The fraction of sp³-hybridized carbons (Fsp3) is 0.217. The molecule has 2 aromatic carbocycles. The second-order valence-electron chi connectivity index (χ2n) is 7.01. The van der Waals surface area contributed by atoms with Gasteiger partial charge in [0.2, 0.25) is 5.91 Å². The van der Waals surface area contributed by atoms with Gasteiger partial charge < -0.3 is 10.1 Å². The molecular formula is C23H24N2O5S2. The summed E-state index contributed by atoms with van der Waals surface area (Å²) in [6.07, 6.45) is 0.716. The fourth-order valence-corrected chi connectivity index (χ4v) is 5.89. The highest BCUT2D eigenvalue weighted by Gasteiger charge is 2.32. The number of anilines is 2. The lowest BCUT2D eigenvalue weighted by molar-refractivity contribution is -0.114. The summed E-state index contributed by atoms with van der Waals surface area (Å²) in [5, 5.41) is 4.31. The molecular weight excluding hydrogens is 448 g/mol. The maximum absolute atomic E-state index is 13.6. The summed E-state index contributed by atoms with van der Waals surface area (Å²) in [6.45, 7) is 3.39. The van der Waals surface area contributed by atoms with Gasteiger partial charge in [-0.3, -0.25) is 9.10 Å². The molecule has 0 saturated heterocycles. The number of amides is 1. The average Bonchev–Trinajstić information content (AvgIpc) is 3.29. The molecule has 0 bridgehead atoms. The highest BCUT2D eigenvalue weighted by molar-refractivity contribution is 7.93. The largest absolute Gasteiger partial charge is 0.465 e. The van der Waals surface area contributed by atoms with Crippen LogP contribution in [0.25, 0.3) is 0 Å². The molecule has 0 saturated carbocycles. The molecule has 1 heterocycles. The van der Waals surface area contributed by atoms with Gasteiger partial charge in [-0.05, 0) is 48.6 Å². The van der Waals surface area contributed by atoms with Gasteiger partial charge in [0.1, 0.15) is 16.3 Å². The van der Waals surface area contributed by atoms with Crippen LogP contribution in [0.3, 0.4) is 0 Å². The minimum atomic E-state index is -4.23. The summed E-state index contributed by atoms with van der Waals surface area (Å²) < 4.78 is 32.9. The van der Waals surface area contributed by atoms with Crippen molar-refractivity contribution >= 4 is 44.6 Å². The van der Waals surface area contributed by atoms with E-state index in [9.17, 15) is 18.0 Å². The van der Waals surface area contributed by atoms with Crippen LogP contribution in [-0.4, -0.2) is 33.9 Å². The van der Waals surface area contributed by atoms with E-state index in [-0.39, 0.29) is 9.77 Å². The normalized spacial score (nSPS) is 11.1. The van der Waals surface area contributed by atoms with Gasteiger partial charge in [0.05, 0.1) is 12.8 Å². The van der Waals surface area contributed by atoms with Crippen LogP contribution < -0.4 is 9.62 Å². The molecule has 0 aliphatic rings. The molecule has 1 aromatic heterocycles. The third kappa shape index (κ3) is 5.00. The minimum absolute atomic E-state index is 0.0404. The van der Waals surface area contributed by atoms with Gasteiger partial charge in [-0.2, -0.15) is 0 Å². The number of methoxy groups -OCH3 is 1. The van der Waals surface area contributed by atoms with Crippen molar-refractivity contribution in [2.75, 3.05) is 23.3 Å². The van der Waals surface area contributed by atoms with Crippen LogP contribution in [-0.2, 0) is 26.0 Å². The summed E-state index contributed by atoms with van der Waals surface area (Å²) >= 11 is 0.970. The number of nitrogens with one attached hydrogen (secondary N) is 1. The number of nitrogens with zero attached hydrogens (tertiary/aromatic N) is 1. The Morgan fingerprint density at radius 1 is 1.06 bits per heavy atom. The van der Waals surface area contributed by atoms with Crippen LogP contribution >= 0.6 is 11.3 Å². The molecule has 0 aliphatic carbocycles. The molecule has 7 nitrogen and oxygen atoms in total. The first kappa shape index (κ1) is 23.5. The lowest BCUT2D eigenvalue weighted by atomic mass is 10.1. The Hall–Kier alpha value is -3.17. The predicted molar refractivity (Wildman–Crippen MR) is 126 cm³/mol. The van der Waals surface area contributed by atoms with Gasteiger partial charge in [-0.25, -0.2) is 13.2 Å². The number of rotatable bonds is 8. The van der Waals surface area contributed by atoms with E-state index in [0.717, 1.165) is 26.8 Å². The Labute approximate surface area is 191 Å². The molecule has 0 radical (unpaired) electrons. The van der Waals surface area contributed by atoms with Crippen molar-refractivity contribution in [2.45, 2.75) is 25.2 Å². The van der Waals surface area contributed by atoms with Gasteiger partial charge >= 0.3 is 5.97 Å². The molecule has 1 N–H and O–H groups in total. The number of ether oxygens (including phenoxy) is 1. The SMILES string of the molecule is CCc1ccccc1NC(=O)CN(c1ccc(C)cc1)S(=O)(=O)c1ccsc1C(=O)OC. The molecule has 3 rings (SSSR count). The Kier molecular flexibility index (Phi) is 7.32. The number of aryl methyl sites for hydroxylation is 2. The number of hydrogen-bond acceptors (Lipinski definition) is 6. The van der Waals surface area contributed by atoms with E-state index in [4.69, 9.17) is 4.74 Å². The maximum atomic E-state index is 13.6. The summed E-state index contributed by atoms with van der Waals surface area (Å²) in [5.41, 5.74) is 2.83. The van der Waals surface area contributed by atoms with E-state index in [1.54, 1.807) is 36.4 Å². The number of carbonyl (C=O) groups excluding carboxylic acids is 2. The monoisotopic (exact) mass is 472 g/mol. The number of benzene rings is 2. The van der Waals surface area contributed by atoms with E-state index in [1.165, 1.54) is 18.6 Å². The zero-order chi connectivity index (χ0) is 23.3. The van der Waals surface area contributed by atoms with Gasteiger partial charge in [0.15, 0.2) is 0 Å². The van der Waals surface area contributed by atoms with Crippen molar-refractivity contribution in [3.63, 3.8) is 0 Å². The first-order valence-electron chi connectivity index (χ1n) is 9.91. The summed E-state index contributed by atoms with van der Waals surface area (Å²) in [4.78, 5) is 24.8. The second-order valence-corrected chi connectivity index (χ2v) is 9.76. The van der Waals surface area contributed by atoms with Crippen LogP contribution in [0.5, 0.6) is 0 Å². The second kappa shape index (κ2) is 9.97. The van der Waals surface area contributed by atoms with E-state index < -0.39 is 28.4 Å². The fourth-order valence-electron chi connectivity index (χ4n) is 3.16. The molecule has 3 aromatic rings. The zero-order valence-electron chi connectivity index (χ0n) is 18.0. The van der Waals surface area contributed by atoms with Gasteiger partial charge in [-0.15, -0.1) is 11.3 Å². The number of carbonyl (C=O) groups is 2. The highest BCUT2D eigenvalue weighted by Crippen LogP contribution is 2.30. The van der Waals surface area contributed by atoms with Crippen LogP contribution in [0.4, 0.5) is 11.4 Å². The number of para-hydroxylation sites is 1. The third-order valence-electron chi connectivity index (χ3n) is 4.85. The number of thiophene rings is 1. The zero-order valence-corrected chi connectivity index (χ0v) is 19.6. The van der Waals surface area contributed by atoms with E-state index in [1.807, 2.05) is 26.0 Å². The maximum Gasteiger partial charge on any atom is 0.349 e. The van der Waals surface area contributed by atoms with E-state index in [2.05, 4.69) is 5.32 Å². The molecule has 32 heavy (non-hydrogen) atoms. The first-order valence-corrected chi connectivity index (χ1v) is 12.2. The standard InChI is InChI=1S/C23H24N2O5S2/c1-4-17-7-5-6-8-19(17)24-21(26)15-25(18-11-9-16(2)10-12-18)32(28,29)20-13-14-31-22(20)23(27)30-3/h5-14H,4,15H2,1-3H3,(H,24,26). The average molecular weight is 473 g/mol. The summed E-state index contributed by atoms with van der Waals surface area (Å²) in [5.74, 6) is -1.24. The van der Waals surface area contributed by atoms with Crippen LogP contribution in [0, 0.1) is 6.92 Å². The van der Waals surface area contributed by atoms with Crippen LogP contribution in [0.15, 0.2) is 64.9 Å². The molecule has 0 unspecified atom stereocenters. The Morgan fingerprint density at radius 3 is 2.41 bits per heavy atom. The van der Waals surface area contributed by atoms with Crippen molar-refractivity contribution in [2.24, 2.45) is 0 Å². The topological polar surface area (TPSA) is 92.8 Å². The summed E-state index contributed by atoms with van der Waals surface area (Å²) in [6, 6.07) is 15.5. The molecule has 0 atom stereocenters. The minimum Gasteiger partial charge on any atom is -0.465 e. The van der Waals surface area contributed by atoms with Crippen molar-refractivity contribution < 1.29 is 22.7 Å². The highest BCUT2D eigenvalue weighted by atomic mass is 32.2. The van der Waals surface area contributed by atoms with Crippen molar-refractivity contribution in [1.29, 1.82) is 0 Å². The van der Waals surface area contributed by atoms with Gasteiger partial charge in [-0.1, -0.05) is 42.8 Å². The van der Waals surface area contributed by atoms with Gasteiger partial charge in [0, 0.05) is 5.69 Å². The molecule has 0 fully saturated rings. The predicted octanol–water partition coefficient (Wildman–Crippen LogP) is 4.24. The van der Waals surface area contributed by atoms with Crippen molar-refractivity contribution in [1.82, 2.24) is 0 Å². The van der Waals surface area contributed by atoms with Crippen molar-refractivity contribution in [3.8, 4) is 0 Å². The number of hydrogen-bond donors (Lipinski definition) is 1. The molecule has 168 valence electrons. The van der Waals surface area contributed by atoms with Gasteiger partial charge in [0.25, 0.3) is 10.0 Å².